The van der Waals surface area contributed by atoms with Crippen LogP contribution in [0.3, 0.4) is 0 Å². The molecule has 8 heterocycles. The fourth-order valence-corrected chi connectivity index (χ4v) is 17.0. The van der Waals surface area contributed by atoms with Gasteiger partial charge in [0.2, 0.25) is 0 Å². The third-order valence-corrected chi connectivity index (χ3v) is 19.8. The van der Waals surface area contributed by atoms with Gasteiger partial charge in [-0.1, -0.05) is 103 Å². The van der Waals surface area contributed by atoms with Crippen LogP contribution in [0.4, 0.5) is 0 Å². The minimum absolute atomic E-state index is 0.791. The molecule has 2 unspecified atom stereocenters. The summed E-state index contributed by atoms with van der Waals surface area (Å²) < 4.78 is 27.6. The van der Waals surface area contributed by atoms with Crippen LogP contribution < -0.4 is 0 Å². The van der Waals surface area contributed by atoms with Crippen LogP contribution in [0, 0.1) is 11.8 Å². The minimum atomic E-state index is 0.791. The zero-order chi connectivity index (χ0) is 39.3. The summed E-state index contributed by atoms with van der Waals surface area (Å²) >= 11 is 14.1. The van der Waals surface area contributed by atoms with Crippen molar-refractivity contribution in [2.24, 2.45) is 11.8 Å². The molecule has 0 aliphatic carbocycles. The lowest BCUT2D eigenvalue weighted by Gasteiger charge is -2.12. The third kappa shape index (κ3) is 7.44. The normalized spacial score (nSPS) is 13.4. The maximum atomic E-state index is 4.86. The summed E-state index contributed by atoms with van der Waals surface area (Å²) in [4.78, 5) is 8.11. The second-order valence-corrected chi connectivity index (χ2v) is 23.3. The van der Waals surface area contributed by atoms with Crippen LogP contribution in [-0.2, 0) is 12.8 Å². The molecule has 0 aliphatic rings. The quantitative estimate of drug-likeness (QED) is 0.0969. The molecule has 2 aromatic carbocycles. The van der Waals surface area contributed by atoms with Crippen molar-refractivity contribution in [1.29, 1.82) is 0 Å². The van der Waals surface area contributed by atoms with Crippen molar-refractivity contribution >= 4 is 142 Å². The molecule has 0 N–H and O–H groups in total. The lowest BCUT2D eigenvalue weighted by Crippen LogP contribution is -2.01. The highest BCUT2D eigenvalue weighted by molar-refractivity contribution is 7.31. The molecule has 2 atom stereocenters. The van der Waals surface area contributed by atoms with Crippen molar-refractivity contribution in [3.8, 4) is 41.8 Å². The van der Waals surface area contributed by atoms with Gasteiger partial charge in [0.1, 0.15) is 22.1 Å². The molecule has 10 rings (SSSR count). The molecular weight excluding hydrogens is 865 g/mol. The Hall–Kier alpha value is -2.94. The van der Waals surface area contributed by atoms with E-state index in [1.54, 1.807) is 0 Å². The maximum absolute atomic E-state index is 4.86. The van der Waals surface area contributed by atoms with Gasteiger partial charge in [-0.15, -0.1) is 68.0 Å². The van der Waals surface area contributed by atoms with Crippen LogP contribution in [0.15, 0.2) is 60.7 Å². The predicted octanol–water partition coefficient (Wildman–Crippen LogP) is 17.7. The Morgan fingerprint density at radius 2 is 0.724 bits per heavy atom. The van der Waals surface area contributed by atoms with E-state index in [0.717, 1.165) is 33.9 Å². The molecule has 0 fully saturated rings. The van der Waals surface area contributed by atoms with Crippen molar-refractivity contribution in [3.63, 3.8) is 0 Å². The Balaban J connectivity index is 0.894. The summed E-state index contributed by atoms with van der Waals surface area (Å²) in [6.45, 7) is 9.28. The lowest BCUT2D eigenvalue weighted by atomic mass is 9.95. The number of thiophene rings is 6. The molecule has 0 spiro atoms. The molecular formula is C46H44N4S8. The molecule has 0 radical (unpaired) electrons. The lowest BCUT2D eigenvalue weighted by molar-refractivity contribution is 0.452. The third-order valence-electron chi connectivity index (χ3n) is 11.7. The second kappa shape index (κ2) is 16.8. The van der Waals surface area contributed by atoms with Gasteiger partial charge in [0, 0.05) is 79.7 Å². The van der Waals surface area contributed by atoms with E-state index >= 15 is 0 Å². The Bertz CT molecular complexity index is 2720. The van der Waals surface area contributed by atoms with E-state index in [9.17, 15) is 0 Å². The molecule has 58 heavy (non-hydrogen) atoms. The predicted molar refractivity (Wildman–Crippen MR) is 264 cm³/mol. The summed E-state index contributed by atoms with van der Waals surface area (Å²) in [5.41, 5.74) is 8.75. The van der Waals surface area contributed by atoms with Crippen molar-refractivity contribution in [2.45, 2.75) is 91.9 Å². The first-order valence-electron chi connectivity index (χ1n) is 20.6. The zero-order valence-corrected chi connectivity index (χ0v) is 39.6. The molecule has 0 saturated carbocycles. The monoisotopic (exact) mass is 908 g/mol. The largest absolute Gasteiger partial charge is 0.172 e. The molecule has 10 aromatic rings. The average Bonchev–Trinajstić information content (AvgIpc) is 4.08. The number of hydrogen-bond acceptors (Lipinski definition) is 12. The van der Waals surface area contributed by atoms with Gasteiger partial charge in [-0.05, 0) is 61.1 Å². The zero-order valence-electron chi connectivity index (χ0n) is 33.1. The number of unbranched alkanes of at least 4 members (excludes halogenated alkanes) is 2. The number of rotatable bonds is 16. The summed E-state index contributed by atoms with van der Waals surface area (Å²) in [6, 6.07) is 23.4. The van der Waals surface area contributed by atoms with Crippen LogP contribution in [0.1, 0.15) is 88.8 Å². The van der Waals surface area contributed by atoms with Crippen molar-refractivity contribution in [2.75, 3.05) is 0 Å². The molecule has 0 aliphatic heterocycles. The van der Waals surface area contributed by atoms with Crippen LogP contribution in [0.25, 0.3) is 92.0 Å². The maximum Gasteiger partial charge on any atom is 0.114 e. The second-order valence-electron chi connectivity index (χ2n) is 15.5. The van der Waals surface area contributed by atoms with Gasteiger partial charge in [0.15, 0.2) is 0 Å². The minimum Gasteiger partial charge on any atom is -0.172 e. The number of fused-ring (bicyclic) bond motifs is 5. The number of hydrogen-bond donors (Lipinski definition) is 0. The van der Waals surface area contributed by atoms with Gasteiger partial charge in [-0.2, -0.15) is 17.5 Å². The Kier molecular flexibility index (Phi) is 11.4. The van der Waals surface area contributed by atoms with Crippen molar-refractivity contribution < 1.29 is 0 Å². The smallest absolute Gasteiger partial charge is 0.114 e. The van der Waals surface area contributed by atoms with E-state index in [4.69, 9.17) is 17.5 Å². The van der Waals surface area contributed by atoms with Gasteiger partial charge in [0.05, 0.1) is 23.5 Å². The van der Waals surface area contributed by atoms with Gasteiger partial charge in [-0.3, -0.25) is 0 Å². The molecule has 8 aromatic heterocycles. The van der Waals surface area contributed by atoms with Gasteiger partial charge >= 0.3 is 0 Å². The first kappa shape index (κ1) is 39.2. The standard InChI is InChI=1S/C46H44N4S8/c1-5-9-11-25(7-3)17-27-19-37-39(51-27)21-33(53-37)29-13-15-31(45-43(29)47-57-49-45)35-23-41-42(55-35)24-36(56-41)32-16-14-30(44-46(32)50-58-48-44)34-22-40-38(54-34)20-28(52-40)18-26(8-4)12-10-6-2/h13-16,19-26H,5-12,17-18H2,1-4H3. The van der Waals surface area contributed by atoms with Gasteiger partial charge in [-0.25, -0.2) is 0 Å². The topological polar surface area (TPSA) is 51.6 Å². The van der Waals surface area contributed by atoms with Crippen molar-refractivity contribution in [1.82, 2.24) is 17.5 Å². The van der Waals surface area contributed by atoms with Crippen LogP contribution in [0.5, 0.6) is 0 Å². The highest BCUT2D eigenvalue weighted by Gasteiger charge is 2.22. The first-order chi connectivity index (χ1) is 28.5. The Morgan fingerprint density at radius 3 is 1.02 bits per heavy atom. The van der Waals surface area contributed by atoms with Crippen LogP contribution in [0.2, 0.25) is 0 Å². The Labute approximate surface area is 371 Å². The van der Waals surface area contributed by atoms with Gasteiger partial charge in [0.25, 0.3) is 0 Å². The fraction of sp³-hybridized carbons (Fsp3) is 0.348. The van der Waals surface area contributed by atoms with Gasteiger partial charge < -0.3 is 0 Å². The summed E-state index contributed by atoms with van der Waals surface area (Å²) in [5, 5.41) is 0. The van der Waals surface area contributed by atoms with Crippen LogP contribution >= 0.6 is 91.5 Å². The number of aromatic nitrogens is 4. The molecule has 4 nitrogen and oxygen atoms in total. The first-order valence-corrected chi connectivity index (χ1v) is 27.0. The molecule has 0 amide bonds. The molecule has 0 saturated heterocycles. The highest BCUT2D eigenvalue weighted by Crippen LogP contribution is 2.48. The number of benzene rings is 2. The van der Waals surface area contributed by atoms with E-state index < -0.39 is 0 Å². The van der Waals surface area contributed by atoms with E-state index in [1.807, 2.05) is 68.0 Å². The molecule has 296 valence electrons. The SMILES string of the molecule is CCCCC(CC)Cc1cc2sc(-c3ccc(-c4cc5sc(-c6ccc(-c7cc8sc(CC(CC)CCCC)cc8s7)c7nsnc67)cc5s4)c4nsnc34)cc2s1. The molecule has 12 heteroatoms. The van der Waals surface area contributed by atoms with E-state index in [1.165, 1.54) is 167 Å². The Morgan fingerprint density at radius 1 is 0.414 bits per heavy atom. The summed E-state index contributed by atoms with van der Waals surface area (Å²) in [5.74, 6) is 1.58. The van der Waals surface area contributed by atoms with Crippen molar-refractivity contribution in [3.05, 3.63) is 70.4 Å². The molecule has 0 bridgehead atoms. The fourth-order valence-electron chi connectivity index (χ4n) is 8.32. The average molecular weight is 909 g/mol. The van der Waals surface area contributed by atoms with E-state index in [-0.39, 0.29) is 0 Å². The summed E-state index contributed by atoms with van der Waals surface area (Å²) in [6.07, 6.45) is 12.8. The van der Waals surface area contributed by atoms with Crippen LogP contribution in [-0.4, -0.2) is 17.5 Å². The number of nitrogens with zero attached hydrogens (tertiary/aromatic N) is 4. The van der Waals surface area contributed by atoms with E-state index in [0.29, 0.717) is 0 Å². The van der Waals surface area contributed by atoms with E-state index in [2.05, 4.69) is 88.4 Å². The highest BCUT2D eigenvalue weighted by atomic mass is 32.1. The summed E-state index contributed by atoms with van der Waals surface area (Å²) in [7, 11) is 0.